The maximum atomic E-state index is 6.24. The van der Waals surface area contributed by atoms with Gasteiger partial charge >= 0.3 is 0 Å². The zero-order chi connectivity index (χ0) is 14.8. The number of ether oxygens (including phenoxy) is 1. The molecule has 3 aromatic rings. The first-order valence-electron chi connectivity index (χ1n) is 6.29. The Kier molecular flexibility index (Phi) is 3.78. The van der Waals surface area contributed by atoms with Crippen LogP contribution in [0.4, 0.5) is 5.69 Å². The number of rotatable bonds is 3. The van der Waals surface area contributed by atoms with Crippen molar-refractivity contribution in [3.63, 3.8) is 0 Å². The summed E-state index contributed by atoms with van der Waals surface area (Å²) in [6.45, 7) is 0. The average Bonchev–Trinajstić information content (AvgIpc) is 2.98. The van der Waals surface area contributed by atoms with Gasteiger partial charge in [-0.15, -0.1) is 0 Å². The van der Waals surface area contributed by atoms with Crippen LogP contribution in [0.1, 0.15) is 0 Å². The lowest BCUT2D eigenvalue weighted by molar-refractivity contribution is 0.485. The van der Waals surface area contributed by atoms with E-state index < -0.39 is 0 Å². The van der Waals surface area contributed by atoms with E-state index in [9.17, 15) is 0 Å². The van der Waals surface area contributed by atoms with Gasteiger partial charge in [0.2, 0.25) is 0 Å². The fourth-order valence-electron chi connectivity index (χ4n) is 1.97. The number of nitrogen functional groups attached to an aromatic ring is 1. The Morgan fingerprint density at radius 2 is 1.62 bits per heavy atom. The molecule has 0 saturated carbocycles. The molecule has 1 heterocycles. The van der Waals surface area contributed by atoms with Gasteiger partial charge < -0.3 is 15.0 Å². The molecular formula is C16H12Cl2N2O. The Hall–Kier alpha value is -2.10. The molecule has 0 spiro atoms. The summed E-state index contributed by atoms with van der Waals surface area (Å²) in [6, 6.07) is 14.4. The third-order valence-electron chi connectivity index (χ3n) is 3.00. The van der Waals surface area contributed by atoms with Crippen molar-refractivity contribution in [3.05, 3.63) is 71.0 Å². The molecule has 0 aliphatic rings. The highest BCUT2D eigenvalue weighted by Crippen LogP contribution is 2.34. The van der Waals surface area contributed by atoms with Crippen LogP contribution in [0.15, 0.2) is 60.9 Å². The standard InChI is InChI=1S/C16H12Cl2N2O/c17-11-3-5-12(6-4-11)21-16-10-15(13(18)9-14(16)19)20-7-1-2-8-20/h1-10H,19H2. The SMILES string of the molecule is Nc1cc(Cl)c(-n2cccc2)cc1Oc1ccc(Cl)cc1. The maximum absolute atomic E-state index is 6.24. The van der Waals surface area contributed by atoms with Crippen LogP contribution in [0.3, 0.4) is 0 Å². The van der Waals surface area contributed by atoms with Gasteiger partial charge in [0.15, 0.2) is 5.75 Å². The first-order chi connectivity index (χ1) is 10.1. The minimum absolute atomic E-state index is 0.478. The van der Waals surface area contributed by atoms with Crippen molar-refractivity contribution in [1.29, 1.82) is 0 Å². The molecule has 0 saturated heterocycles. The van der Waals surface area contributed by atoms with E-state index >= 15 is 0 Å². The molecule has 0 radical (unpaired) electrons. The van der Waals surface area contributed by atoms with Gasteiger partial charge in [-0.3, -0.25) is 0 Å². The molecule has 1 aromatic heterocycles. The van der Waals surface area contributed by atoms with Gasteiger partial charge in [0.1, 0.15) is 5.75 Å². The van der Waals surface area contributed by atoms with Crippen LogP contribution in [0.5, 0.6) is 11.5 Å². The van der Waals surface area contributed by atoms with Gasteiger partial charge in [0.25, 0.3) is 0 Å². The van der Waals surface area contributed by atoms with Crippen molar-refractivity contribution in [3.8, 4) is 17.2 Å². The number of aromatic nitrogens is 1. The molecule has 106 valence electrons. The van der Waals surface area contributed by atoms with E-state index in [1.54, 1.807) is 30.3 Å². The molecule has 2 aromatic carbocycles. The summed E-state index contributed by atoms with van der Waals surface area (Å²) in [5.41, 5.74) is 7.26. The molecular weight excluding hydrogens is 307 g/mol. The molecule has 0 aliphatic heterocycles. The average molecular weight is 319 g/mol. The van der Waals surface area contributed by atoms with E-state index in [0.717, 1.165) is 5.69 Å². The van der Waals surface area contributed by atoms with E-state index in [1.165, 1.54) is 0 Å². The minimum Gasteiger partial charge on any atom is -0.455 e. The molecule has 0 atom stereocenters. The van der Waals surface area contributed by atoms with Crippen molar-refractivity contribution in [2.75, 3.05) is 5.73 Å². The van der Waals surface area contributed by atoms with Crippen LogP contribution in [-0.4, -0.2) is 4.57 Å². The molecule has 2 N–H and O–H groups in total. The van der Waals surface area contributed by atoms with Crippen LogP contribution in [0, 0.1) is 0 Å². The van der Waals surface area contributed by atoms with Gasteiger partial charge in [0.05, 0.1) is 16.4 Å². The topological polar surface area (TPSA) is 40.2 Å². The van der Waals surface area contributed by atoms with Crippen molar-refractivity contribution in [2.45, 2.75) is 0 Å². The Bertz CT molecular complexity index is 753. The molecule has 5 heteroatoms. The Morgan fingerprint density at radius 1 is 0.952 bits per heavy atom. The smallest absolute Gasteiger partial charge is 0.152 e. The number of nitrogens with zero attached hydrogens (tertiary/aromatic N) is 1. The van der Waals surface area contributed by atoms with Gasteiger partial charge in [0, 0.05) is 23.5 Å². The van der Waals surface area contributed by atoms with Gasteiger partial charge in [-0.05, 0) is 42.5 Å². The predicted molar refractivity (Wildman–Crippen MR) is 86.7 cm³/mol. The van der Waals surface area contributed by atoms with Gasteiger partial charge in [-0.25, -0.2) is 0 Å². The summed E-state index contributed by atoms with van der Waals surface area (Å²) in [5, 5.41) is 1.21. The summed E-state index contributed by atoms with van der Waals surface area (Å²) >= 11 is 12.1. The van der Waals surface area contributed by atoms with Crippen molar-refractivity contribution < 1.29 is 4.74 Å². The third kappa shape index (κ3) is 2.99. The van der Waals surface area contributed by atoms with E-state index in [1.807, 2.05) is 35.2 Å². The second kappa shape index (κ2) is 5.72. The Balaban J connectivity index is 1.98. The van der Waals surface area contributed by atoms with Crippen molar-refractivity contribution in [2.24, 2.45) is 0 Å². The van der Waals surface area contributed by atoms with Gasteiger partial charge in [-0.1, -0.05) is 23.2 Å². The fourth-order valence-corrected chi connectivity index (χ4v) is 2.36. The number of hydrogen-bond donors (Lipinski definition) is 1. The van der Waals surface area contributed by atoms with Crippen LogP contribution >= 0.6 is 23.2 Å². The molecule has 3 nitrogen and oxygen atoms in total. The number of anilines is 1. The lowest BCUT2D eigenvalue weighted by Gasteiger charge is -2.13. The quantitative estimate of drug-likeness (QED) is 0.678. The van der Waals surface area contributed by atoms with Crippen molar-refractivity contribution >= 4 is 28.9 Å². The van der Waals surface area contributed by atoms with Gasteiger partial charge in [-0.2, -0.15) is 0 Å². The minimum atomic E-state index is 0.478. The maximum Gasteiger partial charge on any atom is 0.152 e. The van der Waals surface area contributed by atoms with Crippen molar-refractivity contribution in [1.82, 2.24) is 4.57 Å². The molecule has 3 rings (SSSR count). The zero-order valence-corrected chi connectivity index (χ0v) is 12.5. The first-order valence-corrected chi connectivity index (χ1v) is 7.05. The summed E-state index contributed by atoms with van der Waals surface area (Å²) in [7, 11) is 0. The highest BCUT2D eigenvalue weighted by atomic mass is 35.5. The number of hydrogen-bond acceptors (Lipinski definition) is 2. The first kappa shape index (κ1) is 13.9. The van der Waals surface area contributed by atoms with E-state index in [4.69, 9.17) is 33.7 Å². The molecule has 0 bridgehead atoms. The summed E-state index contributed by atoms with van der Waals surface area (Å²) in [4.78, 5) is 0. The number of halogens is 2. The number of benzene rings is 2. The summed E-state index contributed by atoms with van der Waals surface area (Å²) < 4.78 is 7.70. The second-order valence-corrected chi connectivity index (χ2v) is 5.33. The molecule has 0 unspecified atom stereocenters. The van der Waals surface area contributed by atoms with E-state index in [0.29, 0.717) is 27.2 Å². The Labute approximate surface area is 132 Å². The highest BCUT2D eigenvalue weighted by Gasteiger charge is 2.10. The zero-order valence-electron chi connectivity index (χ0n) is 11.0. The molecule has 21 heavy (non-hydrogen) atoms. The molecule has 0 aliphatic carbocycles. The lowest BCUT2D eigenvalue weighted by atomic mass is 10.2. The number of nitrogens with two attached hydrogens (primary N) is 1. The second-order valence-electron chi connectivity index (χ2n) is 4.49. The van der Waals surface area contributed by atoms with Crippen LogP contribution in [-0.2, 0) is 0 Å². The van der Waals surface area contributed by atoms with Crippen LogP contribution in [0.2, 0.25) is 10.0 Å². The lowest BCUT2D eigenvalue weighted by Crippen LogP contribution is -1.97. The Morgan fingerprint density at radius 3 is 2.29 bits per heavy atom. The largest absolute Gasteiger partial charge is 0.455 e. The highest BCUT2D eigenvalue weighted by molar-refractivity contribution is 6.32. The monoisotopic (exact) mass is 318 g/mol. The van der Waals surface area contributed by atoms with Crippen LogP contribution < -0.4 is 10.5 Å². The molecule has 0 amide bonds. The summed E-state index contributed by atoms with van der Waals surface area (Å²) in [5.74, 6) is 1.21. The fraction of sp³-hybridized carbons (Fsp3) is 0. The normalized spacial score (nSPS) is 10.6. The predicted octanol–water partition coefficient (Wildman–Crippen LogP) is 5.16. The third-order valence-corrected chi connectivity index (χ3v) is 3.56. The molecule has 0 fully saturated rings. The summed E-state index contributed by atoms with van der Waals surface area (Å²) in [6.07, 6.45) is 3.81. The van der Waals surface area contributed by atoms with E-state index in [2.05, 4.69) is 0 Å². The van der Waals surface area contributed by atoms with E-state index in [-0.39, 0.29) is 0 Å². The van der Waals surface area contributed by atoms with Crippen LogP contribution in [0.25, 0.3) is 5.69 Å².